The summed E-state index contributed by atoms with van der Waals surface area (Å²) in [5.41, 5.74) is 0. The van der Waals surface area contributed by atoms with E-state index in [1.54, 1.807) is 0 Å². The van der Waals surface area contributed by atoms with Crippen LogP contribution in [0.2, 0.25) is 0 Å². The van der Waals surface area contributed by atoms with E-state index in [9.17, 15) is 24.3 Å². The molecule has 0 aromatic carbocycles. The van der Waals surface area contributed by atoms with Gasteiger partial charge in [-0.15, -0.1) is 0 Å². The second kappa shape index (κ2) is 16.4. The Hall–Kier alpha value is -2.12. The van der Waals surface area contributed by atoms with Gasteiger partial charge in [-0.25, -0.2) is 0 Å². The van der Waals surface area contributed by atoms with Gasteiger partial charge in [0.05, 0.1) is 13.2 Å². The molecule has 0 aliphatic carbocycles. The van der Waals surface area contributed by atoms with E-state index in [0.717, 1.165) is 25.7 Å². The average Bonchev–Trinajstić information content (AvgIpc) is 2.57. The predicted octanol–water partition coefficient (Wildman–Crippen LogP) is 1.59. The highest BCUT2D eigenvalue weighted by molar-refractivity contribution is 5.70. The lowest BCUT2D eigenvalue weighted by molar-refractivity contribution is -0.305. The van der Waals surface area contributed by atoms with Crippen LogP contribution in [0.1, 0.15) is 77.0 Å². The highest BCUT2D eigenvalue weighted by atomic mass is 16.5. The van der Waals surface area contributed by atoms with Crippen LogP contribution in [0.3, 0.4) is 0 Å². The molecular formula is C18H29O8-. The van der Waals surface area contributed by atoms with Gasteiger partial charge in [0, 0.05) is 25.2 Å². The molecule has 8 heteroatoms. The van der Waals surface area contributed by atoms with Crippen molar-refractivity contribution < 1.29 is 38.9 Å². The molecular weight excluding hydrogens is 344 g/mol. The van der Waals surface area contributed by atoms with Gasteiger partial charge in [-0.3, -0.25) is 14.4 Å². The SMILES string of the molecule is O=C([O-])CCCCC(=O)OCCCCCCOC(=O)CCCCC(=O)O. The molecule has 0 aromatic heterocycles. The lowest BCUT2D eigenvalue weighted by Gasteiger charge is -2.06. The molecule has 0 aliphatic rings. The number of hydrogen-bond donors (Lipinski definition) is 1. The number of aliphatic carboxylic acids is 2. The van der Waals surface area contributed by atoms with Crippen molar-refractivity contribution in [3.8, 4) is 0 Å². The Labute approximate surface area is 153 Å². The smallest absolute Gasteiger partial charge is 0.305 e. The van der Waals surface area contributed by atoms with Gasteiger partial charge in [0.1, 0.15) is 0 Å². The molecule has 0 fully saturated rings. The van der Waals surface area contributed by atoms with Crippen LogP contribution in [0.4, 0.5) is 0 Å². The van der Waals surface area contributed by atoms with E-state index in [0.29, 0.717) is 38.9 Å². The minimum absolute atomic E-state index is 0.0415. The third kappa shape index (κ3) is 18.2. The van der Waals surface area contributed by atoms with Crippen LogP contribution in [0.5, 0.6) is 0 Å². The molecule has 1 N–H and O–H groups in total. The van der Waals surface area contributed by atoms with Gasteiger partial charge in [0.25, 0.3) is 0 Å². The first-order valence-electron chi connectivity index (χ1n) is 9.14. The number of unbranched alkanes of at least 4 members (excludes halogenated alkanes) is 5. The zero-order chi connectivity index (χ0) is 19.6. The molecule has 0 saturated heterocycles. The van der Waals surface area contributed by atoms with Crippen molar-refractivity contribution in [2.75, 3.05) is 13.2 Å². The molecule has 0 bridgehead atoms. The molecule has 0 unspecified atom stereocenters. The summed E-state index contributed by atoms with van der Waals surface area (Å²) in [7, 11) is 0. The number of ether oxygens (including phenoxy) is 2. The second-order valence-corrected chi connectivity index (χ2v) is 6.04. The number of carboxylic acids is 2. The number of hydrogen-bond acceptors (Lipinski definition) is 7. The maximum absolute atomic E-state index is 11.4. The summed E-state index contributed by atoms with van der Waals surface area (Å²) in [4.78, 5) is 43.3. The molecule has 0 spiro atoms. The molecule has 0 aliphatic heterocycles. The van der Waals surface area contributed by atoms with Crippen LogP contribution in [0.15, 0.2) is 0 Å². The van der Waals surface area contributed by atoms with Crippen molar-refractivity contribution in [2.45, 2.75) is 77.0 Å². The number of esters is 2. The summed E-state index contributed by atoms with van der Waals surface area (Å²) in [6, 6.07) is 0. The van der Waals surface area contributed by atoms with E-state index in [2.05, 4.69) is 0 Å². The monoisotopic (exact) mass is 373 g/mol. The lowest BCUT2D eigenvalue weighted by Crippen LogP contribution is -2.21. The van der Waals surface area contributed by atoms with Crippen LogP contribution in [-0.4, -0.2) is 42.2 Å². The third-order valence-electron chi connectivity index (χ3n) is 3.60. The largest absolute Gasteiger partial charge is 0.550 e. The van der Waals surface area contributed by atoms with Gasteiger partial charge in [-0.2, -0.15) is 0 Å². The minimum Gasteiger partial charge on any atom is -0.550 e. The summed E-state index contributed by atoms with van der Waals surface area (Å²) in [5, 5.41) is 18.7. The molecule has 0 heterocycles. The van der Waals surface area contributed by atoms with E-state index in [4.69, 9.17) is 14.6 Å². The number of carboxylic acid groups (broad SMARTS) is 2. The topological polar surface area (TPSA) is 130 Å². The van der Waals surface area contributed by atoms with Crippen LogP contribution in [0.25, 0.3) is 0 Å². The zero-order valence-electron chi connectivity index (χ0n) is 15.2. The lowest BCUT2D eigenvalue weighted by atomic mass is 10.2. The highest BCUT2D eigenvalue weighted by Crippen LogP contribution is 2.05. The van der Waals surface area contributed by atoms with Crippen molar-refractivity contribution >= 4 is 23.9 Å². The molecule has 0 saturated carbocycles. The van der Waals surface area contributed by atoms with Gasteiger partial charge in [0.2, 0.25) is 0 Å². The number of carbonyl (C=O) groups excluding carboxylic acids is 3. The molecule has 0 rings (SSSR count). The Morgan fingerprint density at radius 3 is 1.46 bits per heavy atom. The Morgan fingerprint density at radius 2 is 1.04 bits per heavy atom. The predicted molar refractivity (Wildman–Crippen MR) is 90.0 cm³/mol. The fourth-order valence-electron chi connectivity index (χ4n) is 2.16. The van der Waals surface area contributed by atoms with Crippen molar-refractivity contribution in [1.82, 2.24) is 0 Å². The Morgan fingerprint density at radius 1 is 0.615 bits per heavy atom. The molecule has 0 aromatic rings. The Kier molecular flexibility index (Phi) is 15.0. The highest BCUT2D eigenvalue weighted by Gasteiger charge is 2.05. The molecule has 0 atom stereocenters. The molecule has 8 nitrogen and oxygen atoms in total. The van der Waals surface area contributed by atoms with Crippen molar-refractivity contribution in [3.05, 3.63) is 0 Å². The van der Waals surface area contributed by atoms with Gasteiger partial charge < -0.3 is 24.5 Å². The van der Waals surface area contributed by atoms with E-state index >= 15 is 0 Å². The van der Waals surface area contributed by atoms with Crippen LogP contribution >= 0.6 is 0 Å². The van der Waals surface area contributed by atoms with E-state index < -0.39 is 11.9 Å². The maximum Gasteiger partial charge on any atom is 0.305 e. The quantitative estimate of drug-likeness (QED) is 0.300. The van der Waals surface area contributed by atoms with E-state index in [1.165, 1.54) is 0 Å². The Balaban J connectivity index is 3.32. The first-order valence-corrected chi connectivity index (χ1v) is 9.14. The molecule has 26 heavy (non-hydrogen) atoms. The first kappa shape index (κ1) is 23.9. The normalized spacial score (nSPS) is 10.3. The molecule has 0 radical (unpaired) electrons. The summed E-state index contributed by atoms with van der Waals surface area (Å²) in [6.45, 7) is 0.679. The van der Waals surface area contributed by atoms with Crippen LogP contribution < -0.4 is 5.11 Å². The summed E-state index contributed by atoms with van der Waals surface area (Å²) >= 11 is 0. The van der Waals surface area contributed by atoms with Gasteiger partial charge in [0.15, 0.2) is 0 Å². The van der Waals surface area contributed by atoms with Gasteiger partial charge in [-0.05, 0) is 57.8 Å². The first-order chi connectivity index (χ1) is 12.4. The summed E-state index contributed by atoms with van der Waals surface area (Å²) in [5.74, 6) is -2.59. The average molecular weight is 373 g/mol. The summed E-state index contributed by atoms with van der Waals surface area (Å²) < 4.78 is 10.1. The zero-order valence-corrected chi connectivity index (χ0v) is 15.2. The minimum atomic E-state index is -1.11. The Bertz CT molecular complexity index is 393. The summed E-state index contributed by atoms with van der Waals surface area (Å²) in [6.07, 6.45) is 5.54. The molecule has 150 valence electrons. The van der Waals surface area contributed by atoms with Crippen molar-refractivity contribution in [1.29, 1.82) is 0 Å². The fraction of sp³-hybridized carbons (Fsp3) is 0.778. The third-order valence-corrected chi connectivity index (χ3v) is 3.60. The van der Waals surface area contributed by atoms with Crippen LogP contribution in [0, 0.1) is 0 Å². The number of rotatable bonds is 17. The van der Waals surface area contributed by atoms with Gasteiger partial charge >= 0.3 is 17.9 Å². The molecule has 0 amide bonds. The van der Waals surface area contributed by atoms with Crippen molar-refractivity contribution in [3.63, 3.8) is 0 Å². The van der Waals surface area contributed by atoms with Crippen LogP contribution in [-0.2, 0) is 28.7 Å². The van der Waals surface area contributed by atoms with Gasteiger partial charge in [-0.1, -0.05) is 0 Å². The standard InChI is InChI=1S/C18H30O8/c19-15(20)9-3-5-11-17(23)25-13-7-1-2-8-14-26-18(24)12-6-4-10-16(21)22/h1-14H2,(H,19,20)(H,21,22)/p-1. The second-order valence-electron chi connectivity index (χ2n) is 6.04. The van der Waals surface area contributed by atoms with E-state index in [1.807, 2.05) is 0 Å². The van der Waals surface area contributed by atoms with Crippen molar-refractivity contribution in [2.24, 2.45) is 0 Å². The number of carbonyl (C=O) groups is 4. The van der Waals surface area contributed by atoms with E-state index in [-0.39, 0.29) is 37.6 Å². The fourth-order valence-corrected chi connectivity index (χ4v) is 2.16. The maximum atomic E-state index is 11.4.